The van der Waals surface area contributed by atoms with Gasteiger partial charge in [0.05, 0.1) is 28.6 Å². The van der Waals surface area contributed by atoms with Crippen molar-refractivity contribution in [2.24, 2.45) is 0 Å². The van der Waals surface area contributed by atoms with E-state index in [1.54, 1.807) is 53.9 Å². The second kappa shape index (κ2) is 11.1. The van der Waals surface area contributed by atoms with Crippen molar-refractivity contribution in [3.8, 4) is 6.07 Å². The molecule has 0 radical (unpaired) electrons. The number of aromatic nitrogens is 1. The maximum Gasteiger partial charge on any atom is 0.339 e. The van der Waals surface area contributed by atoms with Crippen molar-refractivity contribution in [3.63, 3.8) is 0 Å². The maximum atomic E-state index is 12.5. The molecule has 0 spiro atoms. The summed E-state index contributed by atoms with van der Waals surface area (Å²) in [5.41, 5.74) is 2.01. The van der Waals surface area contributed by atoms with E-state index in [0.29, 0.717) is 21.3 Å². The number of nitrogens with one attached hydrogen (secondary N) is 2. The van der Waals surface area contributed by atoms with Gasteiger partial charge in [-0.3, -0.25) is 14.9 Å². The van der Waals surface area contributed by atoms with Crippen molar-refractivity contribution >= 4 is 51.7 Å². The molecule has 0 aliphatic rings. The van der Waals surface area contributed by atoms with Gasteiger partial charge in [-0.25, -0.2) is 9.78 Å². The van der Waals surface area contributed by atoms with Crippen molar-refractivity contribution in [2.75, 3.05) is 23.0 Å². The van der Waals surface area contributed by atoms with Crippen molar-refractivity contribution < 1.29 is 19.1 Å². The quantitative estimate of drug-likeness (QED) is 0.382. The Morgan fingerprint density at radius 3 is 2.69 bits per heavy atom. The predicted molar refractivity (Wildman–Crippen MR) is 123 cm³/mol. The monoisotopic (exact) mass is 466 g/mol. The van der Waals surface area contributed by atoms with Gasteiger partial charge in [-0.2, -0.15) is 5.26 Å². The molecule has 2 N–H and O–H groups in total. The van der Waals surface area contributed by atoms with Crippen LogP contribution in [0.2, 0.25) is 0 Å². The zero-order valence-electron chi connectivity index (χ0n) is 17.0. The second-order valence-corrected chi connectivity index (χ2v) is 8.32. The van der Waals surface area contributed by atoms with E-state index in [0.717, 1.165) is 5.69 Å². The molecular formula is C22H18N4O4S2. The Morgan fingerprint density at radius 2 is 1.94 bits per heavy atom. The molecule has 1 heterocycles. The highest BCUT2D eigenvalue weighted by atomic mass is 32.2. The number of hydrogen-bond acceptors (Lipinski definition) is 8. The first-order valence-electron chi connectivity index (χ1n) is 9.35. The van der Waals surface area contributed by atoms with Crippen LogP contribution in [-0.4, -0.2) is 35.1 Å². The van der Waals surface area contributed by atoms with E-state index in [4.69, 9.17) is 10.00 Å². The lowest BCUT2D eigenvalue weighted by molar-refractivity contribution is -0.119. The van der Waals surface area contributed by atoms with Crippen LogP contribution in [0.25, 0.3) is 0 Å². The van der Waals surface area contributed by atoms with E-state index in [1.807, 2.05) is 13.0 Å². The van der Waals surface area contributed by atoms with Gasteiger partial charge in [0.25, 0.3) is 5.91 Å². The summed E-state index contributed by atoms with van der Waals surface area (Å²) in [6.45, 7) is 1.36. The first kappa shape index (κ1) is 23.0. The SMILES string of the molecule is Cc1csc(NC(=O)COC(=O)c2ccccc2SCC(=O)Nc2cccc(C#N)c2)n1. The summed E-state index contributed by atoms with van der Waals surface area (Å²) in [6, 6.07) is 15.3. The Bertz CT molecular complexity index is 1190. The van der Waals surface area contributed by atoms with Crippen LogP contribution in [0, 0.1) is 18.3 Å². The number of benzene rings is 2. The zero-order chi connectivity index (χ0) is 22.9. The molecule has 32 heavy (non-hydrogen) atoms. The smallest absolute Gasteiger partial charge is 0.339 e. The third kappa shape index (κ3) is 6.66. The van der Waals surface area contributed by atoms with Crippen molar-refractivity contribution in [3.05, 3.63) is 70.7 Å². The largest absolute Gasteiger partial charge is 0.452 e. The highest BCUT2D eigenvalue weighted by Crippen LogP contribution is 2.24. The van der Waals surface area contributed by atoms with Gasteiger partial charge in [0.15, 0.2) is 11.7 Å². The highest BCUT2D eigenvalue weighted by molar-refractivity contribution is 8.00. The van der Waals surface area contributed by atoms with E-state index < -0.39 is 18.5 Å². The molecule has 162 valence electrons. The number of carbonyl (C=O) groups is 3. The molecule has 0 saturated carbocycles. The molecule has 2 amide bonds. The molecule has 2 aromatic carbocycles. The Balaban J connectivity index is 1.54. The highest BCUT2D eigenvalue weighted by Gasteiger charge is 2.16. The Labute approximate surface area is 192 Å². The molecule has 10 heteroatoms. The molecule has 3 rings (SSSR count). The summed E-state index contributed by atoms with van der Waals surface area (Å²) < 4.78 is 5.12. The van der Waals surface area contributed by atoms with Crippen LogP contribution < -0.4 is 10.6 Å². The number of thiazole rings is 1. The first-order chi connectivity index (χ1) is 15.4. The van der Waals surface area contributed by atoms with Gasteiger partial charge in [-0.15, -0.1) is 23.1 Å². The average molecular weight is 467 g/mol. The second-order valence-electron chi connectivity index (χ2n) is 6.44. The first-order valence-corrected chi connectivity index (χ1v) is 11.2. The fourth-order valence-corrected chi connectivity index (χ4v) is 4.09. The lowest BCUT2D eigenvalue weighted by atomic mass is 10.2. The number of ether oxygens (including phenoxy) is 1. The number of thioether (sulfide) groups is 1. The molecule has 8 nitrogen and oxygen atoms in total. The number of carbonyl (C=O) groups excluding carboxylic acids is 3. The minimum Gasteiger partial charge on any atom is -0.452 e. The van der Waals surface area contributed by atoms with E-state index in [-0.39, 0.29) is 17.2 Å². The van der Waals surface area contributed by atoms with Gasteiger partial charge in [-0.05, 0) is 37.3 Å². The zero-order valence-corrected chi connectivity index (χ0v) is 18.6. The van der Waals surface area contributed by atoms with Crippen LogP contribution in [-0.2, 0) is 14.3 Å². The molecule has 0 atom stereocenters. The fraction of sp³-hybridized carbons (Fsp3) is 0.136. The van der Waals surface area contributed by atoms with Gasteiger partial charge in [-0.1, -0.05) is 18.2 Å². The number of nitrogens with zero attached hydrogens (tertiary/aromatic N) is 2. The molecule has 3 aromatic rings. The van der Waals surface area contributed by atoms with Crippen LogP contribution >= 0.6 is 23.1 Å². The number of amides is 2. The van der Waals surface area contributed by atoms with Crippen molar-refractivity contribution in [1.29, 1.82) is 5.26 Å². The van der Waals surface area contributed by atoms with E-state index in [9.17, 15) is 14.4 Å². The van der Waals surface area contributed by atoms with E-state index >= 15 is 0 Å². The van der Waals surface area contributed by atoms with Crippen LogP contribution in [0.4, 0.5) is 10.8 Å². The Kier molecular flexibility index (Phi) is 7.96. The van der Waals surface area contributed by atoms with Crippen LogP contribution in [0.1, 0.15) is 21.6 Å². The van der Waals surface area contributed by atoms with Crippen LogP contribution in [0.3, 0.4) is 0 Å². The summed E-state index contributed by atoms with van der Waals surface area (Å²) in [6.07, 6.45) is 0. The number of esters is 1. The van der Waals surface area contributed by atoms with Gasteiger partial charge in [0.1, 0.15) is 0 Å². The normalized spacial score (nSPS) is 10.1. The molecular weight excluding hydrogens is 448 g/mol. The maximum absolute atomic E-state index is 12.5. The summed E-state index contributed by atoms with van der Waals surface area (Å²) in [5, 5.41) is 16.5. The lowest BCUT2D eigenvalue weighted by Gasteiger charge is -2.10. The van der Waals surface area contributed by atoms with Crippen molar-refractivity contribution in [2.45, 2.75) is 11.8 Å². The molecule has 1 aromatic heterocycles. The molecule has 0 aliphatic carbocycles. The minimum atomic E-state index is -0.666. The van der Waals surface area contributed by atoms with Crippen LogP contribution in [0.5, 0.6) is 0 Å². The fourth-order valence-electron chi connectivity index (χ4n) is 2.54. The van der Waals surface area contributed by atoms with E-state index in [1.165, 1.54) is 23.1 Å². The number of hydrogen-bond donors (Lipinski definition) is 2. The Morgan fingerprint density at radius 1 is 1.12 bits per heavy atom. The Hall–Kier alpha value is -3.68. The number of nitriles is 1. The van der Waals surface area contributed by atoms with Gasteiger partial charge in [0.2, 0.25) is 5.91 Å². The molecule has 0 bridgehead atoms. The van der Waals surface area contributed by atoms with Crippen molar-refractivity contribution in [1.82, 2.24) is 4.98 Å². The summed E-state index contributed by atoms with van der Waals surface area (Å²) in [7, 11) is 0. The van der Waals surface area contributed by atoms with Gasteiger partial charge in [0, 0.05) is 16.0 Å². The average Bonchev–Trinajstić information content (AvgIpc) is 3.20. The summed E-state index contributed by atoms with van der Waals surface area (Å²) in [5.74, 6) is -1.39. The number of aryl methyl sites for hydroxylation is 1. The molecule has 0 aliphatic heterocycles. The molecule has 0 saturated heterocycles. The van der Waals surface area contributed by atoms with Crippen LogP contribution in [0.15, 0.2) is 58.8 Å². The van der Waals surface area contributed by atoms with Gasteiger partial charge < -0.3 is 10.1 Å². The van der Waals surface area contributed by atoms with E-state index in [2.05, 4.69) is 15.6 Å². The summed E-state index contributed by atoms with van der Waals surface area (Å²) in [4.78, 5) is 41.4. The number of anilines is 2. The minimum absolute atomic E-state index is 0.0466. The standard InChI is InChI=1S/C22H18N4O4S2/c1-14-12-32-22(24-14)26-19(27)11-30-21(29)17-7-2-3-8-18(17)31-13-20(28)25-16-6-4-5-15(9-16)10-23/h2-9,12H,11,13H2,1H3,(H,25,28)(H,24,26,27). The lowest BCUT2D eigenvalue weighted by Crippen LogP contribution is -2.21. The third-order valence-corrected chi connectivity index (χ3v) is 5.89. The molecule has 0 fully saturated rings. The topological polar surface area (TPSA) is 121 Å². The summed E-state index contributed by atoms with van der Waals surface area (Å²) >= 11 is 2.45. The van der Waals surface area contributed by atoms with Gasteiger partial charge >= 0.3 is 5.97 Å². The third-order valence-electron chi connectivity index (χ3n) is 3.94. The number of rotatable bonds is 8. The predicted octanol–water partition coefficient (Wildman–Crippen LogP) is 3.85. The molecule has 0 unspecified atom stereocenters.